The molecule has 0 unspecified atom stereocenters. The highest BCUT2D eigenvalue weighted by Crippen LogP contribution is 2.39. The van der Waals surface area contributed by atoms with E-state index in [1.54, 1.807) is 13.2 Å². The summed E-state index contributed by atoms with van der Waals surface area (Å²) in [5.41, 5.74) is 1.65. The van der Waals surface area contributed by atoms with Gasteiger partial charge in [-0.25, -0.2) is 0 Å². The Hall–Kier alpha value is -2.36. The minimum Gasteiger partial charge on any atom is -0.504 e. The van der Waals surface area contributed by atoms with Crippen LogP contribution in [0.1, 0.15) is 0 Å². The molecule has 0 aliphatic heterocycles. The van der Waals surface area contributed by atoms with Crippen LogP contribution in [-0.4, -0.2) is 24.4 Å². The van der Waals surface area contributed by atoms with Crippen LogP contribution in [0.5, 0.6) is 23.0 Å². The Kier molecular flexibility index (Phi) is 3.28. The van der Waals surface area contributed by atoms with Gasteiger partial charge < -0.3 is 19.7 Å². The van der Waals surface area contributed by atoms with E-state index in [4.69, 9.17) is 9.47 Å². The van der Waals surface area contributed by atoms with Crippen molar-refractivity contribution in [2.45, 2.75) is 0 Å². The van der Waals surface area contributed by atoms with E-state index in [2.05, 4.69) is 0 Å². The fraction of sp³-hybridized carbons (Fsp3) is 0.143. The molecule has 2 aromatic rings. The predicted molar refractivity (Wildman–Crippen MR) is 68.3 cm³/mol. The van der Waals surface area contributed by atoms with Crippen molar-refractivity contribution in [2.24, 2.45) is 0 Å². The monoisotopic (exact) mass is 246 g/mol. The molecule has 2 rings (SSSR count). The van der Waals surface area contributed by atoms with Crippen LogP contribution in [0.2, 0.25) is 0 Å². The highest BCUT2D eigenvalue weighted by Gasteiger charge is 2.10. The molecule has 0 spiro atoms. The van der Waals surface area contributed by atoms with E-state index in [0.29, 0.717) is 0 Å². The van der Waals surface area contributed by atoms with Gasteiger partial charge in [-0.3, -0.25) is 0 Å². The van der Waals surface area contributed by atoms with Crippen molar-refractivity contribution >= 4 is 0 Å². The second-order valence-electron chi connectivity index (χ2n) is 3.77. The van der Waals surface area contributed by atoms with Gasteiger partial charge in [0.1, 0.15) is 5.75 Å². The van der Waals surface area contributed by atoms with Crippen molar-refractivity contribution < 1.29 is 19.7 Å². The highest BCUT2D eigenvalue weighted by atomic mass is 16.5. The zero-order chi connectivity index (χ0) is 13.1. The molecule has 2 N–H and O–H groups in total. The maximum absolute atomic E-state index is 9.62. The summed E-state index contributed by atoms with van der Waals surface area (Å²) in [6.45, 7) is 0. The maximum atomic E-state index is 9.62. The van der Waals surface area contributed by atoms with Gasteiger partial charge in [-0.2, -0.15) is 0 Å². The minimum atomic E-state index is -0.255. The van der Waals surface area contributed by atoms with Crippen LogP contribution < -0.4 is 9.47 Å². The Morgan fingerprint density at radius 2 is 1.50 bits per heavy atom. The van der Waals surface area contributed by atoms with Crippen LogP contribution in [-0.2, 0) is 0 Å². The van der Waals surface area contributed by atoms with Crippen LogP contribution in [0.15, 0.2) is 36.4 Å². The lowest BCUT2D eigenvalue weighted by molar-refractivity contribution is 0.351. The summed E-state index contributed by atoms with van der Waals surface area (Å²) in [5, 5.41) is 19.2. The number of hydrogen-bond acceptors (Lipinski definition) is 4. The first kappa shape index (κ1) is 12.1. The fourth-order valence-electron chi connectivity index (χ4n) is 1.70. The number of hydrogen-bond donors (Lipinski definition) is 2. The van der Waals surface area contributed by atoms with Gasteiger partial charge in [-0.05, 0) is 35.4 Å². The van der Waals surface area contributed by atoms with Crippen molar-refractivity contribution in [1.82, 2.24) is 0 Å². The first-order valence-corrected chi connectivity index (χ1v) is 5.40. The van der Waals surface area contributed by atoms with E-state index in [1.165, 1.54) is 13.2 Å². The van der Waals surface area contributed by atoms with Crippen LogP contribution in [0.3, 0.4) is 0 Å². The number of phenolic OH excluding ortho intramolecular Hbond substituents is 2. The normalized spacial score (nSPS) is 10.1. The summed E-state index contributed by atoms with van der Waals surface area (Å²) < 4.78 is 10.1. The highest BCUT2D eigenvalue weighted by molar-refractivity contribution is 5.70. The number of benzene rings is 2. The average Bonchev–Trinajstić information content (AvgIpc) is 2.42. The van der Waals surface area contributed by atoms with Gasteiger partial charge >= 0.3 is 0 Å². The van der Waals surface area contributed by atoms with Gasteiger partial charge in [0, 0.05) is 0 Å². The van der Waals surface area contributed by atoms with Crippen LogP contribution >= 0.6 is 0 Å². The molecule has 4 nitrogen and oxygen atoms in total. The number of phenols is 2. The molecule has 18 heavy (non-hydrogen) atoms. The van der Waals surface area contributed by atoms with Crippen LogP contribution in [0.4, 0.5) is 0 Å². The second kappa shape index (κ2) is 4.87. The van der Waals surface area contributed by atoms with Crippen molar-refractivity contribution in [1.29, 1.82) is 0 Å². The van der Waals surface area contributed by atoms with Crippen LogP contribution in [0.25, 0.3) is 11.1 Å². The zero-order valence-electron chi connectivity index (χ0n) is 10.2. The van der Waals surface area contributed by atoms with Crippen molar-refractivity contribution in [3.05, 3.63) is 36.4 Å². The van der Waals surface area contributed by atoms with Crippen molar-refractivity contribution in [3.63, 3.8) is 0 Å². The SMILES string of the molecule is COc1ccc(-c2cc(O)c(O)c(OC)c2)cc1. The molecule has 2 aromatic carbocycles. The molecule has 0 bridgehead atoms. The molecule has 0 amide bonds. The summed E-state index contributed by atoms with van der Waals surface area (Å²) in [7, 11) is 3.04. The minimum absolute atomic E-state index is 0.208. The largest absolute Gasteiger partial charge is 0.504 e. The Morgan fingerprint density at radius 1 is 0.833 bits per heavy atom. The Bertz CT molecular complexity index is 546. The molecule has 0 saturated heterocycles. The molecule has 0 aromatic heterocycles. The lowest BCUT2D eigenvalue weighted by Gasteiger charge is -2.09. The lowest BCUT2D eigenvalue weighted by Crippen LogP contribution is -1.87. The van der Waals surface area contributed by atoms with E-state index in [0.717, 1.165) is 16.9 Å². The third kappa shape index (κ3) is 2.18. The average molecular weight is 246 g/mol. The van der Waals surface area contributed by atoms with E-state index in [1.807, 2.05) is 24.3 Å². The van der Waals surface area contributed by atoms with Gasteiger partial charge in [0.15, 0.2) is 11.5 Å². The number of rotatable bonds is 3. The molecule has 0 radical (unpaired) electrons. The Balaban J connectivity index is 2.46. The number of ether oxygens (including phenoxy) is 2. The van der Waals surface area contributed by atoms with Gasteiger partial charge in [-0.15, -0.1) is 0 Å². The molecular weight excluding hydrogens is 232 g/mol. The van der Waals surface area contributed by atoms with Crippen LogP contribution in [0, 0.1) is 0 Å². The second-order valence-corrected chi connectivity index (χ2v) is 3.77. The van der Waals surface area contributed by atoms with Gasteiger partial charge in [0.2, 0.25) is 5.75 Å². The van der Waals surface area contributed by atoms with Gasteiger partial charge in [0.05, 0.1) is 14.2 Å². The molecule has 0 atom stereocenters. The molecular formula is C14H14O4. The van der Waals surface area contributed by atoms with Gasteiger partial charge in [-0.1, -0.05) is 12.1 Å². The third-order valence-electron chi connectivity index (χ3n) is 2.70. The number of aromatic hydroxyl groups is 2. The Morgan fingerprint density at radius 3 is 2.06 bits per heavy atom. The summed E-state index contributed by atoms with van der Waals surface area (Å²) in [4.78, 5) is 0. The number of methoxy groups -OCH3 is 2. The predicted octanol–water partition coefficient (Wildman–Crippen LogP) is 2.78. The van der Waals surface area contributed by atoms with Crippen molar-refractivity contribution in [2.75, 3.05) is 14.2 Å². The first-order chi connectivity index (χ1) is 8.65. The molecule has 4 heteroatoms. The van der Waals surface area contributed by atoms with Crippen molar-refractivity contribution in [3.8, 4) is 34.1 Å². The van der Waals surface area contributed by atoms with E-state index >= 15 is 0 Å². The summed E-state index contributed by atoms with van der Waals surface area (Å²) >= 11 is 0. The molecule has 94 valence electrons. The smallest absolute Gasteiger partial charge is 0.200 e. The molecule has 0 aliphatic rings. The molecule has 0 fully saturated rings. The topological polar surface area (TPSA) is 58.9 Å². The lowest BCUT2D eigenvalue weighted by atomic mass is 10.0. The maximum Gasteiger partial charge on any atom is 0.200 e. The fourth-order valence-corrected chi connectivity index (χ4v) is 1.70. The molecule has 0 heterocycles. The van der Waals surface area contributed by atoms with E-state index < -0.39 is 0 Å². The standard InChI is InChI=1S/C14H14O4/c1-17-11-5-3-9(4-6-11)10-7-12(15)14(16)13(8-10)18-2/h3-8,15-16H,1-2H3. The Labute approximate surface area is 105 Å². The molecule has 0 saturated carbocycles. The zero-order valence-corrected chi connectivity index (χ0v) is 10.2. The molecule has 0 aliphatic carbocycles. The van der Waals surface area contributed by atoms with E-state index in [-0.39, 0.29) is 17.2 Å². The van der Waals surface area contributed by atoms with Gasteiger partial charge in [0.25, 0.3) is 0 Å². The quantitative estimate of drug-likeness (QED) is 0.817. The third-order valence-corrected chi connectivity index (χ3v) is 2.70. The summed E-state index contributed by atoms with van der Waals surface area (Å²) in [6, 6.07) is 10.5. The first-order valence-electron chi connectivity index (χ1n) is 5.40. The van der Waals surface area contributed by atoms with E-state index in [9.17, 15) is 10.2 Å². The summed E-state index contributed by atoms with van der Waals surface area (Å²) in [5.74, 6) is 0.532. The summed E-state index contributed by atoms with van der Waals surface area (Å²) in [6.07, 6.45) is 0.